The average Bonchev–Trinajstić information content (AvgIpc) is 3.00. The number of hydrogen-bond acceptors (Lipinski definition) is 2. The molecular formula is C17H15FN2O. The second-order valence-electron chi connectivity index (χ2n) is 4.88. The van der Waals surface area contributed by atoms with Gasteiger partial charge in [-0.2, -0.15) is 5.10 Å². The molecule has 0 radical (unpaired) electrons. The first-order chi connectivity index (χ1) is 10.2. The first-order valence-corrected chi connectivity index (χ1v) is 6.71. The zero-order chi connectivity index (χ0) is 14.8. The van der Waals surface area contributed by atoms with Crippen molar-refractivity contribution in [3.05, 3.63) is 83.4 Å². The maximum absolute atomic E-state index is 14.2. The van der Waals surface area contributed by atoms with Crippen molar-refractivity contribution in [2.75, 3.05) is 0 Å². The summed E-state index contributed by atoms with van der Waals surface area (Å²) in [5, 5.41) is 14.7. The molecule has 0 saturated heterocycles. The maximum Gasteiger partial charge on any atom is 0.132 e. The Balaban J connectivity index is 2.06. The third-order valence-corrected chi connectivity index (χ3v) is 3.47. The third-order valence-electron chi connectivity index (χ3n) is 3.47. The van der Waals surface area contributed by atoms with Crippen molar-refractivity contribution in [1.82, 2.24) is 9.78 Å². The van der Waals surface area contributed by atoms with E-state index in [9.17, 15) is 9.50 Å². The minimum atomic E-state index is -1.06. The third kappa shape index (κ3) is 2.45. The van der Waals surface area contributed by atoms with E-state index >= 15 is 0 Å². The molecule has 1 unspecified atom stereocenters. The highest BCUT2D eigenvalue weighted by Crippen LogP contribution is 2.27. The smallest absolute Gasteiger partial charge is 0.132 e. The lowest BCUT2D eigenvalue weighted by atomic mass is 10.0. The van der Waals surface area contributed by atoms with Gasteiger partial charge in [-0.3, -0.25) is 0 Å². The molecule has 0 aliphatic heterocycles. The minimum Gasteiger partial charge on any atom is -0.382 e. The summed E-state index contributed by atoms with van der Waals surface area (Å²) in [6.07, 6.45) is 0.534. The van der Waals surface area contributed by atoms with Crippen LogP contribution in [0.3, 0.4) is 0 Å². The Hall–Kier alpha value is -2.46. The number of hydrogen-bond donors (Lipinski definition) is 1. The number of aryl methyl sites for hydroxylation is 1. The highest BCUT2D eigenvalue weighted by atomic mass is 19.1. The van der Waals surface area contributed by atoms with E-state index < -0.39 is 6.10 Å². The van der Waals surface area contributed by atoms with Gasteiger partial charge in [-0.15, -0.1) is 0 Å². The molecule has 3 nitrogen and oxygen atoms in total. The standard InChI is InChI=1S/C17H15FN2O/c1-12-6-5-9-14(16(12)18)17(21)15-10-11-19-20(15)13-7-3-2-4-8-13/h2-11,17,21H,1H3. The van der Waals surface area contributed by atoms with Crippen molar-refractivity contribution in [2.45, 2.75) is 13.0 Å². The van der Waals surface area contributed by atoms with Crippen LogP contribution in [-0.2, 0) is 0 Å². The van der Waals surface area contributed by atoms with E-state index in [4.69, 9.17) is 0 Å². The van der Waals surface area contributed by atoms with Crippen LogP contribution in [0.4, 0.5) is 4.39 Å². The topological polar surface area (TPSA) is 38.1 Å². The molecule has 0 aliphatic carbocycles. The quantitative estimate of drug-likeness (QED) is 0.799. The van der Waals surface area contributed by atoms with Crippen molar-refractivity contribution in [1.29, 1.82) is 0 Å². The van der Waals surface area contributed by atoms with Crippen LogP contribution in [0.2, 0.25) is 0 Å². The fourth-order valence-corrected chi connectivity index (χ4v) is 2.35. The zero-order valence-corrected chi connectivity index (χ0v) is 11.6. The zero-order valence-electron chi connectivity index (χ0n) is 11.6. The fourth-order valence-electron chi connectivity index (χ4n) is 2.35. The molecule has 0 amide bonds. The largest absolute Gasteiger partial charge is 0.382 e. The molecule has 4 heteroatoms. The average molecular weight is 282 g/mol. The molecule has 3 aromatic rings. The molecule has 0 bridgehead atoms. The Morgan fingerprint density at radius 2 is 1.81 bits per heavy atom. The Morgan fingerprint density at radius 3 is 2.57 bits per heavy atom. The summed E-state index contributed by atoms with van der Waals surface area (Å²) in [7, 11) is 0. The molecule has 3 rings (SSSR count). The molecule has 0 aliphatic rings. The minimum absolute atomic E-state index is 0.257. The number of aromatic nitrogens is 2. The molecule has 0 fully saturated rings. The summed E-state index contributed by atoms with van der Waals surface area (Å²) in [4.78, 5) is 0. The number of aliphatic hydroxyl groups is 1. The van der Waals surface area contributed by atoms with Gasteiger partial charge in [0, 0.05) is 11.8 Å². The predicted octanol–water partition coefficient (Wildman–Crippen LogP) is 3.40. The van der Waals surface area contributed by atoms with Crippen molar-refractivity contribution >= 4 is 0 Å². The first-order valence-electron chi connectivity index (χ1n) is 6.71. The van der Waals surface area contributed by atoms with Crippen molar-refractivity contribution in [2.24, 2.45) is 0 Å². The van der Waals surface area contributed by atoms with E-state index in [0.29, 0.717) is 11.3 Å². The number of benzene rings is 2. The van der Waals surface area contributed by atoms with Gasteiger partial charge in [-0.1, -0.05) is 36.4 Å². The number of halogens is 1. The number of para-hydroxylation sites is 1. The van der Waals surface area contributed by atoms with Gasteiger partial charge in [0.05, 0.1) is 11.4 Å². The van der Waals surface area contributed by atoms with E-state index in [0.717, 1.165) is 5.69 Å². The Bertz CT molecular complexity index is 752. The molecule has 1 heterocycles. The van der Waals surface area contributed by atoms with Gasteiger partial charge in [0.15, 0.2) is 0 Å². The lowest BCUT2D eigenvalue weighted by Crippen LogP contribution is -2.10. The van der Waals surface area contributed by atoms with Gasteiger partial charge < -0.3 is 5.11 Å². The highest BCUT2D eigenvalue weighted by molar-refractivity contribution is 5.37. The maximum atomic E-state index is 14.2. The summed E-state index contributed by atoms with van der Waals surface area (Å²) < 4.78 is 15.8. The lowest BCUT2D eigenvalue weighted by Gasteiger charge is -2.15. The molecule has 0 saturated carbocycles. The Kier molecular flexibility index (Phi) is 3.54. The van der Waals surface area contributed by atoms with E-state index in [1.807, 2.05) is 30.3 Å². The molecule has 21 heavy (non-hydrogen) atoms. The van der Waals surface area contributed by atoms with Crippen molar-refractivity contribution in [3.8, 4) is 5.69 Å². The second kappa shape index (κ2) is 5.50. The lowest BCUT2D eigenvalue weighted by molar-refractivity contribution is 0.206. The van der Waals surface area contributed by atoms with Gasteiger partial charge in [-0.25, -0.2) is 9.07 Å². The van der Waals surface area contributed by atoms with Crippen LogP contribution in [0.15, 0.2) is 60.8 Å². The van der Waals surface area contributed by atoms with E-state index in [1.54, 1.807) is 42.1 Å². The summed E-state index contributed by atoms with van der Waals surface area (Å²) in [6.45, 7) is 1.68. The van der Waals surface area contributed by atoms with Gasteiger partial charge in [0.1, 0.15) is 11.9 Å². The van der Waals surface area contributed by atoms with Crippen molar-refractivity contribution < 1.29 is 9.50 Å². The number of nitrogens with zero attached hydrogens (tertiary/aromatic N) is 2. The van der Waals surface area contributed by atoms with Gasteiger partial charge in [-0.05, 0) is 30.7 Å². The second-order valence-corrected chi connectivity index (χ2v) is 4.88. The number of aliphatic hydroxyl groups excluding tert-OH is 1. The normalized spacial score (nSPS) is 12.3. The van der Waals surface area contributed by atoms with E-state index in [-0.39, 0.29) is 11.4 Å². The van der Waals surface area contributed by atoms with Crippen molar-refractivity contribution in [3.63, 3.8) is 0 Å². The van der Waals surface area contributed by atoms with Gasteiger partial charge >= 0.3 is 0 Å². The fraction of sp³-hybridized carbons (Fsp3) is 0.118. The summed E-state index contributed by atoms with van der Waals surface area (Å²) in [6, 6.07) is 16.2. The van der Waals surface area contributed by atoms with Crippen LogP contribution in [0, 0.1) is 12.7 Å². The molecule has 106 valence electrons. The highest BCUT2D eigenvalue weighted by Gasteiger charge is 2.20. The SMILES string of the molecule is Cc1cccc(C(O)c2ccnn2-c2ccccc2)c1F. The van der Waals surface area contributed by atoms with Crippen LogP contribution < -0.4 is 0 Å². The van der Waals surface area contributed by atoms with E-state index in [2.05, 4.69) is 5.10 Å². The molecule has 1 atom stereocenters. The molecule has 1 N–H and O–H groups in total. The molecule has 0 spiro atoms. The van der Waals surface area contributed by atoms with Crippen LogP contribution in [0.25, 0.3) is 5.69 Å². The van der Waals surface area contributed by atoms with Crippen LogP contribution >= 0.6 is 0 Å². The van der Waals surface area contributed by atoms with E-state index in [1.165, 1.54) is 0 Å². The predicted molar refractivity (Wildman–Crippen MR) is 78.8 cm³/mol. The van der Waals surface area contributed by atoms with Gasteiger partial charge in [0.2, 0.25) is 0 Å². The van der Waals surface area contributed by atoms with Crippen LogP contribution in [-0.4, -0.2) is 14.9 Å². The molecular weight excluding hydrogens is 267 g/mol. The number of rotatable bonds is 3. The summed E-state index contributed by atoms with van der Waals surface area (Å²) in [5.41, 5.74) is 2.13. The summed E-state index contributed by atoms with van der Waals surface area (Å²) >= 11 is 0. The molecule has 1 aromatic heterocycles. The summed E-state index contributed by atoms with van der Waals surface area (Å²) in [5.74, 6) is -0.384. The van der Waals surface area contributed by atoms with Crippen LogP contribution in [0.5, 0.6) is 0 Å². The Morgan fingerprint density at radius 1 is 1.05 bits per heavy atom. The van der Waals surface area contributed by atoms with Gasteiger partial charge in [0.25, 0.3) is 0 Å². The van der Waals surface area contributed by atoms with Crippen LogP contribution in [0.1, 0.15) is 22.9 Å². The first kappa shape index (κ1) is 13.5. The Labute approximate surface area is 122 Å². The monoisotopic (exact) mass is 282 g/mol. The molecule has 2 aromatic carbocycles.